The predicted octanol–water partition coefficient (Wildman–Crippen LogP) is 2.41. The minimum atomic E-state index is -0.490. The summed E-state index contributed by atoms with van der Waals surface area (Å²) in [5, 5.41) is 5.71. The number of carbonyl (C=O) groups is 3. The molecule has 0 spiro atoms. The van der Waals surface area contributed by atoms with Crippen LogP contribution < -0.4 is 10.6 Å². The number of nitrogens with one attached hydrogen (secondary N) is 2. The van der Waals surface area contributed by atoms with E-state index in [0.29, 0.717) is 17.8 Å². The summed E-state index contributed by atoms with van der Waals surface area (Å²) in [6.45, 7) is 5.76. The van der Waals surface area contributed by atoms with E-state index in [9.17, 15) is 14.4 Å². The van der Waals surface area contributed by atoms with Gasteiger partial charge in [-0.1, -0.05) is 23.9 Å². The molecule has 0 saturated carbocycles. The summed E-state index contributed by atoms with van der Waals surface area (Å²) in [6, 6.07) is 6.69. The van der Waals surface area contributed by atoms with Gasteiger partial charge in [-0.15, -0.1) is 6.58 Å². The molecule has 148 valence electrons. The summed E-state index contributed by atoms with van der Waals surface area (Å²) in [5.41, 5.74) is 0.963. The van der Waals surface area contributed by atoms with Crippen LogP contribution >= 0.6 is 11.8 Å². The van der Waals surface area contributed by atoms with Crippen molar-refractivity contribution in [2.45, 2.75) is 30.9 Å². The van der Waals surface area contributed by atoms with Crippen molar-refractivity contribution in [2.24, 2.45) is 4.99 Å². The van der Waals surface area contributed by atoms with Crippen molar-refractivity contribution in [3.05, 3.63) is 42.5 Å². The van der Waals surface area contributed by atoms with Gasteiger partial charge < -0.3 is 15.5 Å². The molecular formula is C20H24N4O3S. The zero-order valence-corrected chi connectivity index (χ0v) is 16.5. The maximum Gasteiger partial charge on any atom is 0.262 e. The third-order valence-corrected chi connectivity index (χ3v) is 5.75. The van der Waals surface area contributed by atoms with E-state index in [1.807, 2.05) is 0 Å². The van der Waals surface area contributed by atoms with Crippen LogP contribution in [0.4, 0.5) is 5.69 Å². The number of hydrogen-bond acceptors (Lipinski definition) is 5. The number of carbonyl (C=O) groups excluding carboxylic acids is 3. The summed E-state index contributed by atoms with van der Waals surface area (Å²) in [7, 11) is 0. The Morgan fingerprint density at radius 2 is 2.07 bits per heavy atom. The Hall–Kier alpha value is -2.61. The Bertz CT molecular complexity index is 802. The maximum absolute atomic E-state index is 12.4. The first kappa shape index (κ1) is 20.1. The zero-order valence-electron chi connectivity index (χ0n) is 15.6. The topological polar surface area (TPSA) is 90.9 Å². The van der Waals surface area contributed by atoms with E-state index >= 15 is 0 Å². The Morgan fingerprint density at radius 3 is 2.82 bits per heavy atom. The molecule has 0 bridgehead atoms. The van der Waals surface area contributed by atoms with Crippen molar-refractivity contribution < 1.29 is 14.4 Å². The Morgan fingerprint density at radius 1 is 1.29 bits per heavy atom. The first-order valence-electron chi connectivity index (χ1n) is 9.40. The fourth-order valence-electron chi connectivity index (χ4n) is 3.12. The SMILES string of the molecule is C=CCNC(=O)c1cccc(NC(=O)CC2SC(N3CCCCC3)=NC2=O)c1. The van der Waals surface area contributed by atoms with Crippen molar-refractivity contribution in [3.63, 3.8) is 0 Å². The number of thioether (sulfide) groups is 1. The van der Waals surface area contributed by atoms with Crippen molar-refractivity contribution in [1.82, 2.24) is 10.2 Å². The molecule has 0 radical (unpaired) electrons. The van der Waals surface area contributed by atoms with Crippen LogP contribution in [-0.2, 0) is 9.59 Å². The Labute approximate surface area is 168 Å². The van der Waals surface area contributed by atoms with Gasteiger partial charge in [0.15, 0.2) is 5.17 Å². The Balaban J connectivity index is 1.54. The summed E-state index contributed by atoms with van der Waals surface area (Å²) in [6.07, 6.45) is 5.07. The van der Waals surface area contributed by atoms with Crippen molar-refractivity contribution >= 4 is 40.3 Å². The number of nitrogens with zero attached hydrogens (tertiary/aromatic N) is 2. The molecule has 1 saturated heterocycles. The molecular weight excluding hydrogens is 376 g/mol. The fourth-order valence-corrected chi connectivity index (χ4v) is 4.23. The molecule has 28 heavy (non-hydrogen) atoms. The molecule has 3 amide bonds. The van der Waals surface area contributed by atoms with Gasteiger partial charge >= 0.3 is 0 Å². The van der Waals surface area contributed by atoms with Gasteiger partial charge in [-0.25, -0.2) is 0 Å². The quantitative estimate of drug-likeness (QED) is 0.716. The van der Waals surface area contributed by atoms with Crippen LogP contribution in [0.1, 0.15) is 36.0 Å². The molecule has 1 aromatic carbocycles. The number of hydrogen-bond donors (Lipinski definition) is 2. The molecule has 2 aliphatic heterocycles. The van der Waals surface area contributed by atoms with Crippen LogP contribution in [0.15, 0.2) is 41.9 Å². The second-order valence-electron chi connectivity index (χ2n) is 6.72. The van der Waals surface area contributed by atoms with Gasteiger partial charge in [0, 0.05) is 37.3 Å². The molecule has 0 aromatic heterocycles. The smallest absolute Gasteiger partial charge is 0.262 e. The lowest BCUT2D eigenvalue weighted by molar-refractivity contribution is -0.121. The average Bonchev–Trinajstić information content (AvgIpc) is 3.07. The highest BCUT2D eigenvalue weighted by atomic mass is 32.2. The number of piperidine rings is 1. The van der Waals surface area contributed by atoms with E-state index in [1.54, 1.807) is 30.3 Å². The highest BCUT2D eigenvalue weighted by Crippen LogP contribution is 2.29. The van der Waals surface area contributed by atoms with Crippen LogP contribution in [0.3, 0.4) is 0 Å². The second kappa shape index (κ2) is 9.54. The fraction of sp³-hybridized carbons (Fsp3) is 0.400. The molecule has 2 aliphatic rings. The van der Waals surface area contributed by atoms with E-state index in [2.05, 4.69) is 27.1 Å². The van der Waals surface area contributed by atoms with E-state index in [-0.39, 0.29) is 24.1 Å². The lowest BCUT2D eigenvalue weighted by atomic mass is 10.1. The van der Waals surface area contributed by atoms with Gasteiger partial charge in [0.25, 0.3) is 11.8 Å². The van der Waals surface area contributed by atoms with E-state index in [4.69, 9.17) is 0 Å². The molecule has 2 heterocycles. The van der Waals surface area contributed by atoms with E-state index in [1.165, 1.54) is 18.2 Å². The second-order valence-corrected chi connectivity index (χ2v) is 7.89. The molecule has 1 atom stereocenters. The monoisotopic (exact) mass is 400 g/mol. The number of likely N-dealkylation sites (tertiary alicyclic amines) is 1. The molecule has 1 aromatic rings. The number of benzene rings is 1. The highest BCUT2D eigenvalue weighted by Gasteiger charge is 2.33. The number of amides is 3. The molecule has 2 N–H and O–H groups in total. The van der Waals surface area contributed by atoms with Crippen LogP contribution in [0.25, 0.3) is 0 Å². The minimum Gasteiger partial charge on any atom is -0.351 e. The van der Waals surface area contributed by atoms with Gasteiger partial charge in [0.1, 0.15) is 5.25 Å². The van der Waals surface area contributed by atoms with Crippen LogP contribution in [0, 0.1) is 0 Å². The lowest BCUT2D eigenvalue weighted by Crippen LogP contribution is -2.33. The number of anilines is 1. The molecule has 0 aliphatic carbocycles. The first-order valence-corrected chi connectivity index (χ1v) is 10.3. The molecule has 7 nitrogen and oxygen atoms in total. The molecule has 8 heteroatoms. The first-order chi connectivity index (χ1) is 13.6. The molecule has 1 unspecified atom stereocenters. The Kier molecular flexibility index (Phi) is 6.86. The van der Waals surface area contributed by atoms with Crippen LogP contribution in [-0.4, -0.2) is 52.7 Å². The van der Waals surface area contributed by atoms with Gasteiger partial charge in [-0.05, 0) is 37.5 Å². The van der Waals surface area contributed by atoms with Crippen LogP contribution in [0.2, 0.25) is 0 Å². The third kappa shape index (κ3) is 5.22. The number of rotatable bonds is 6. The van der Waals surface area contributed by atoms with Crippen LogP contribution in [0.5, 0.6) is 0 Å². The lowest BCUT2D eigenvalue weighted by Gasteiger charge is -2.27. The van der Waals surface area contributed by atoms with Gasteiger partial charge in [-0.3, -0.25) is 14.4 Å². The standard InChI is InChI=1S/C20H24N4O3S/c1-2-9-21-18(26)14-7-6-8-15(12-14)22-17(25)13-16-19(27)23-20(28-16)24-10-4-3-5-11-24/h2,6-8,12,16H,1,3-5,9-11,13H2,(H,21,26)(H,22,25). The van der Waals surface area contributed by atoms with Gasteiger partial charge in [-0.2, -0.15) is 4.99 Å². The maximum atomic E-state index is 12.4. The summed E-state index contributed by atoms with van der Waals surface area (Å²) < 4.78 is 0. The highest BCUT2D eigenvalue weighted by molar-refractivity contribution is 8.15. The van der Waals surface area contributed by atoms with E-state index < -0.39 is 5.25 Å². The summed E-state index contributed by atoms with van der Waals surface area (Å²) in [4.78, 5) is 42.9. The number of amidine groups is 1. The average molecular weight is 401 g/mol. The predicted molar refractivity (Wildman–Crippen MR) is 111 cm³/mol. The zero-order chi connectivity index (χ0) is 19.9. The third-order valence-electron chi connectivity index (χ3n) is 4.54. The molecule has 3 rings (SSSR count). The normalized spacial score (nSPS) is 19.1. The minimum absolute atomic E-state index is 0.0528. The van der Waals surface area contributed by atoms with Crippen molar-refractivity contribution in [2.75, 3.05) is 25.0 Å². The summed E-state index contributed by atoms with van der Waals surface area (Å²) in [5.74, 6) is -0.764. The molecule has 1 fully saturated rings. The number of aliphatic imine (C=N–C) groups is 1. The summed E-state index contributed by atoms with van der Waals surface area (Å²) >= 11 is 1.37. The van der Waals surface area contributed by atoms with Gasteiger partial charge in [0.2, 0.25) is 5.91 Å². The largest absolute Gasteiger partial charge is 0.351 e. The van der Waals surface area contributed by atoms with E-state index in [0.717, 1.165) is 31.1 Å². The van der Waals surface area contributed by atoms with Crippen molar-refractivity contribution in [3.8, 4) is 0 Å². The van der Waals surface area contributed by atoms with Crippen molar-refractivity contribution in [1.29, 1.82) is 0 Å². The van der Waals surface area contributed by atoms with Gasteiger partial charge in [0.05, 0.1) is 0 Å².